The fourth-order valence-electron chi connectivity index (χ4n) is 2.44. The Morgan fingerprint density at radius 1 is 1.36 bits per heavy atom. The van der Waals surface area contributed by atoms with Crippen molar-refractivity contribution < 1.29 is 14.3 Å². The van der Waals surface area contributed by atoms with Gasteiger partial charge in [-0.1, -0.05) is 36.7 Å². The SMILES string of the molecule is CC[C@H](C)Oc1c(Cl)cc(/C=C(/C#N)C(=O)Nc2ccccc2C)cc1OC. The number of ether oxygens (including phenoxy) is 2. The zero-order valence-electron chi connectivity index (χ0n) is 16.4. The quantitative estimate of drug-likeness (QED) is 0.502. The Morgan fingerprint density at radius 3 is 2.68 bits per heavy atom. The van der Waals surface area contributed by atoms with Gasteiger partial charge in [0, 0.05) is 5.69 Å². The molecule has 2 aromatic rings. The summed E-state index contributed by atoms with van der Waals surface area (Å²) in [6.45, 7) is 5.83. The second-order valence-electron chi connectivity index (χ2n) is 6.31. The Bertz CT molecular complexity index is 932. The molecular formula is C22H23ClN2O3. The van der Waals surface area contributed by atoms with Crippen LogP contribution < -0.4 is 14.8 Å². The van der Waals surface area contributed by atoms with Crippen molar-refractivity contribution in [3.63, 3.8) is 0 Å². The highest BCUT2D eigenvalue weighted by atomic mass is 35.5. The lowest BCUT2D eigenvalue weighted by Crippen LogP contribution is -2.14. The van der Waals surface area contributed by atoms with Crippen LogP contribution in [0.25, 0.3) is 6.08 Å². The largest absolute Gasteiger partial charge is 0.493 e. The number of carbonyl (C=O) groups excluding carboxylic acids is 1. The summed E-state index contributed by atoms with van der Waals surface area (Å²) in [5.74, 6) is 0.390. The number of methoxy groups -OCH3 is 1. The molecule has 0 unspecified atom stereocenters. The van der Waals surface area contributed by atoms with Gasteiger partial charge >= 0.3 is 0 Å². The second-order valence-corrected chi connectivity index (χ2v) is 6.72. The minimum Gasteiger partial charge on any atom is -0.493 e. The van der Waals surface area contributed by atoms with Crippen LogP contribution in [0.4, 0.5) is 5.69 Å². The molecule has 0 aromatic heterocycles. The highest BCUT2D eigenvalue weighted by molar-refractivity contribution is 6.32. The first-order chi connectivity index (χ1) is 13.4. The van der Waals surface area contributed by atoms with E-state index in [9.17, 15) is 10.1 Å². The highest BCUT2D eigenvalue weighted by Gasteiger charge is 2.16. The van der Waals surface area contributed by atoms with Gasteiger partial charge in [-0.2, -0.15) is 5.26 Å². The molecule has 0 fully saturated rings. The van der Waals surface area contributed by atoms with Gasteiger partial charge in [0.2, 0.25) is 0 Å². The van der Waals surface area contributed by atoms with Gasteiger partial charge in [0.1, 0.15) is 11.6 Å². The highest BCUT2D eigenvalue weighted by Crippen LogP contribution is 2.38. The topological polar surface area (TPSA) is 71.3 Å². The molecule has 0 saturated carbocycles. The molecular weight excluding hydrogens is 376 g/mol. The third kappa shape index (κ3) is 5.28. The van der Waals surface area contributed by atoms with E-state index in [-0.39, 0.29) is 11.7 Å². The summed E-state index contributed by atoms with van der Waals surface area (Å²) >= 11 is 6.35. The lowest BCUT2D eigenvalue weighted by Gasteiger charge is -2.17. The first kappa shape index (κ1) is 21.3. The van der Waals surface area contributed by atoms with Gasteiger partial charge in [0.05, 0.1) is 18.2 Å². The Morgan fingerprint density at radius 2 is 2.07 bits per heavy atom. The number of hydrogen-bond acceptors (Lipinski definition) is 4. The second kappa shape index (κ2) is 9.82. The first-order valence-corrected chi connectivity index (χ1v) is 9.30. The van der Waals surface area contributed by atoms with Crippen molar-refractivity contribution in [2.24, 2.45) is 0 Å². The van der Waals surface area contributed by atoms with Crippen LogP contribution in [-0.2, 0) is 4.79 Å². The third-order valence-corrected chi connectivity index (χ3v) is 4.50. The molecule has 1 N–H and O–H groups in total. The van der Waals surface area contributed by atoms with E-state index < -0.39 is 5.91 Å². The van der Waals surface area contributed by atoms with Gasteiger partial charge in [0.15, 0.2) is 11.5 Å². The molecule has 0 aliphatic heterocycles. The van der Waals surface area contributed by atoms with E-state index in [4.69, 9.17) is 21.1 Å². The number of rotatable bonds is 7. The number of nitrogens with zero attached hydrogens (tertiary/aromatic N) is 1. The van der Waals surface area contributed by atoms with Gasteiger partial charge in [0.25, 0.3) is 5.91 Å². The van der Waals surface area contributed by atoms with Crippen LogP contribution in [0.15, 0.2) is 42.0 Å². The predicted octanol–water partition coefficient (Wildman–Crippen LogP) is 5.38. The minimum absolute atomic E-state index is 0.0256. The summed E-state index contributed by atoms with van der Waals surface area (Å²) in [5.41, 5.74) is 2.08. The van der Waals surface area contributed by atoms with E-state index in [1.165, 1.54) is 13.2 Å². The van der Waals surface area contributed by atoms with Crippen molar-refractivity contribution in [3.8, 4) is 17.6 Å². The maximum Gasteiger partial charge on any atom is 0.266 e. The number of nitrogens with one attached hydrogen (secondary N) is 1. The van der Waals surface area contributed by atoms with Crippen LogP contribution in [0.2, 0.25) is 5.02 Å². The average Bonchev–Trinajstić information content (AvgIpc) is 2.69. The molecule has 146 valence electrons. The fourth-order valence-corrected chi connectivity index (χ4v) is 2.70. The molecule has 2 aromatic carbocycles. The molecule has 0 heterocycles. The summed E-state index contributed by atoms with van der Waals surface area (Å²) < 4.78 is 11.2. The summed E-state index contributed by atoms with van der Waals surface area (Å²) in [7, 11) is 1.51. The van der Waals surface area contributed by atoms with Crippen LogP contribution in [0.1, 0.15) is 31.4 Å². The van der Waals surface area contributed by atoms with E-state index in [0.29, 0.717) is 27.8 Å². The zero-order chi connectivity index (χ0) is 20.7. The lowest BCUT2D eigenvalue weighted by molar-refractivity contribution is -0.112. The van der Waals surface area contributed by atoms with Gasteiger partial charge in [-0.05, 0) is 55.7 Å². The molecule has 0 aliphatic carbocycles. The van der Waals surface area contributed by atoms with E-state index in [1.54, 1.807) is 18.2 Å². The number of halogens is 1. The van der Waals surface area contributed by atoms with E-state index in [1.807, 2.05) is 45.0 Å². The maximum absolute atomic E-state index is 12.5. The molecule has 0 bridgehead atoms. The fraction of sp³-hybridized carbons (Fsp3) is 0.273. The monoisotopic (exact) mass is 398 g/mol. The molecule has 1 amide bonds. The third-order valence-electron chi connectivity index (χ3n) is 4.22. The molecule has 6 heteroatoms. The number of benzene rings is 2. The van der Waals surface area contributed by atoms with Crippen molar-refractivity contribution in [1.29, 1.82) is 5.26 Å². The summed E-state index contributed by atoms with van der Waals surface area (Å²) in [5, 5.41) is 12.5. The zero-order valence-corrected chi connectivity index (χ0v) is 17.1. The van der Waals surface area contributed by atoms with Crippen molar-refractivity contribution >= 4 is 29.3 Å². The Labute approximate surface area is 170 Å². The molecule has 1 atom stereocenters. The van der Waals surface area contributed by atoms with E-state index in [0.717, 1.165) is 12.0 Å². The number of carbonyl (C=O) groups is 1. The van der Waals surface area contributed by atoms with Gasteiger partial charge in [-0.3, -0.25) is 4.79 Å². The predicted molar refractivity (Wildman–Crippen MR) is 112 cm³/mol. The number of amides is 1. The average molecular weight is 399 g/mol. The normalized spacial score (nSPS) is 12.1. The van der Waals surface area contributed by atoms with Gasteiger partial charge in [-0.25, -0.2) is 0 Å². The molecule has 0 radical (unpaired) electrons. The van der Waals surface area contributed by atoms with Crippen LogP contribution >= 0.6 is 11.6 Å². The standard InChI is InChI=1S/C22H23ClN2O3/c1-5-15(3)28-21-18(23)11-16(12-20(21)27-4)10-17(13-24)22(26)25-19-9-7-6-8-14(19)2/h6-12,15H,5H2,1-4H3,(H,25,26)/b17-10-/t15-/m0/s1. The number of para-hydroxylation sites is 1. The van der Waals surface area contributed by atoms with Crippen LogP contribution in [0, 0.1) is 18.3 Å². The van der Waals surface area contributed by atoms with Crippen LogP contribution in [0.5, 0.6) is 11.5 Å². The van der Waals surface area contributed by atoms with Gasteiger partial charge < -0.3 is 14.8 Å². The van der Waals surface area contributed by atoms with Crippen LogP contribution in [0.3, 0.4) is 0 Å². The van der Waals surface area contributed by atoms with Gasteiger partial charge in [-0.15, -0.1) is 0 Å². The van der Waals surface area contributed by atoms with E-state index in [2.05, 4.69) is 5.32 Å². The molecule has 28 heavy (non-hydrogen) atoms. The van der Waals surface area contributed by atoms with Crippen molar-refractivity contribution in [1.82, 2.24) is 0 Å². The Hall–Kier alpha value is -2.97. The number of anilines is 1. The number of nitriles is 1. The van der Waals surface area contributed by atoms with Crippen molar-refractivity contribution in [2.75, 3.05) is 12.4 Å². The molecule has 0 spiro atoms. The summed E-state index contributed by atoms with van der Waals surface area (Å²) in [6.07, 6.45) is 2.26. The number of aryl methyl sites for hydroxylation is 1. The Balaban J connectivity index is 2.33. The maximum atomic E-state index is 12.5. The Kier molecular flexibility index (Phi) is 7.48. The molecule has 2 rings (SSSR count). The first-order valence-electron chi connectivity index (χ1n) is 8.92. The molecule has 5 nitrogen and oxygen atoms in total. The summed E-state index contributed by atoms with van der Waals surface area (Å²) in [6, 6.07) is 12.6. The smallest absolute Gasteiger partial charge is 0.266 e. The van der Waals surface area contributed by atoms with Crippen LogP contribution in [-0.4, -0.2) is 19.1 Å². The molecule has 0 saturated heterocycles. The molecule has 0 aliphatic rings. The van der Waals surface area contributed by atoms with E-state index >= 15 is 0 Å². The minimum atomic E-state index is -0.494. The number of hydrogen-bond donors (Lipinski definition) is 1. The lowest BCUT2D eigenvalue weighted by atomic mass is 10.1. The summed E-state index contributed by atoms with van der Waals surface area (Å²) in [4.78, 5) is 12.5. The van der Waals surface area contributed by atoms with Crippen molar-refractivity contribution in [2.45, 2.75) is 33.3 Å². The van der Waals surface area contributed by atoms with Crippen molar-refractivity contribution in [3.05, 3.63) is 58.1 Å².